The molecule has 0 fully saturated rings. The smallest absolute Gasteiger partial charge is 0.421 e. The lowest BCUT2D eigenvalue weighted by Gasteiger charge is -2.17. The number of carbonyl (C=O) groups is 2. The van der Waals surface area contributed by atoms with Crippen molar-refractivity contribution >= 4 is 17.8 Å². The first-order valence-corrected chi connectivity index (χ1v) is 4.81. The topological polar surface area (TPSA) is 95.4 Å². The summed E-state index contributed by atoms with van der Waals surface area (Å²) >= 11 is 0. The van der Waals surface area contributed by atoms with Crippen LogP contribution in [-0.2, 0) is 4.74 Å². The van der Waals surface area contributed by atoms with Crippen LogP contribution in [0.3, 0.4) is 0 Å². The molecule has 7 nitrogen and oxygen atoms in total. The molecule has 17 heavy (non-hydrogen) atoms. The zero-order valence-corrected chi connectivity index (χ0v) is 9.11. The summed E-state index contributed by atoms with van der Waals surface area (Å²) in [7, 11) is 0. The molecule has 0 aromatic heterocycles. The molecule has 0 unspecified atom stereocenters. The third-order valence-corrected chi connectivity index (χ3v) is 1.79. The summed E-state index contributed by atoms with van der Waals surface area (Å²) in [6.07, 6.45) is -0.879. The fraction of sp³-hybridized carbons (Fsp3) is 0.200. The molecule has 0 N–H and O–H groups in total. The van der Waals surface area contributed by atoms with Crippen molar-refractivity contribution in [3.8, 4) is 0 Å². The zero-order valence-electron chi connectivity index (χ0n) is 9.11. The summed E-state index contributed by atoms with van der Waals surface area (Å²) in [5.74, 6) is 0. The summed E-state index contributed by atoms with van der Waals surface area (Å²) in [5, 5.41) is 2.87. The van der Waals surface area contributed by atoms with Gasteiger partial charge >= 0.3 is 12.1 Å². The van der Waals surface area contributed by atoms with Crippen LogP contribution in [0.4, 0.5) is 15.3 Å². The highest BCUT2D eigenvalue weighted by atomic mass is 16.6. The molecule has 0 bridgehead atoms. The van der Waals surface area contributed by atoms with Gasteiger partial charge in [-0.2, -0.15) is 0 Å². The number of hydrogen-bond donors (Lipinski definition) is 0. The molecule has 0 saturated carbocycles. The van der Waals surface area contributed by atoms with Gasteiger partial charge < -0.3 is 4.74 Å². The summed E-state index contributed by atoms with van der Waals surface area (Å²) in [6, 6.07) is 7.04. The second kappa shape index (κ2) is 6.14. The molecule has 0 saturated heterocycles. The average Bonchev–Trinajstić information content (AvgIpc) is 2.31. The van der Waals surface area contributed by atoms with Gasteiger partial charge in [0.1, 0.15) is 0 Å². The van der Waals surface area contributed by atoms with E-state index in [9.17, 15) is 9.59 Å². The summed E-state index contributed by atoms with van der Waals surface area (Å²) in [6.45, 7) is 1.73. The van der Waals surface area contributed by atoms with Crippen LogP contribution in [0.5, 0.6) is 0 Å². The number of anilines is 1. The number of benzene rings is 1. The molecule has 1 aromatic rings. The van der Waals surface area contributed by atoms with Gasteiger partial charge in [0.05, 0.1) is 12.3 Å². The Morgan fingerprint density at radius 1 is 1.41 bits per heavy atom. The van der Waals surface area contributed by atoms with Gasteiger partial charge in [0, 0.05) is 10.0 Å². The highest BCUT2D eigenvalue weighted by Gasteiger charge is 2.23. The van der Waals surface area contributed by atoms with Crippen molar-refractivity contribution in [2.24, 2.45) is 5.11 Å². The number of para-hydroxylation sites is 1. The van der Waals surface area contributed by atoms with Gasteiger partial charge in [0.15, 0.2) is 0 Å². The number of imide groups is 1. The number of urea groups is 1. The second-order valence-electron chi connectivity index (χ2n) is 2.84. The van der Waals surface area contributed by atoms with Gasteiger partial charge in [-0.1, -0.05) is 18.2 Å². The van der Waals surface area contributed by atoms with E-state index in [0.717, 1.165) is 0 Å². The number of azide groups is 1. The van der Waals surface area contributed by atoms with Crippen LogP contribution in [-0.4, -0.2) is 18.7 Å². The van der Waals surface area contributed by atoms with E-state index in [2.05, 4.69) is 10.0 Å². The zero-order chi connectivity index (χ0) is 12.7. The predicted octanol–water partition coefficient (Wildman–Crippen LogP) is 3.08. The van der Waals surface area contributed by atoms with E-state index in [4.69, 9.17) is 10.3 Å². The largest absolute Gasteiger partial charge is 0.449 e. The van der Waals surface area contributed by atoms with Crippen molar-refractivity contribution in [2.45, 2.75) is 6.92 Å². The molecular formula is C10H10N4O3. The van der Waals surface area contributed by atoms with Crippen LogP contribution in [0.15, 0.2) is 35.4 Å². The molecule has 7 heteroatoms. The molecule has 0 aliphatic heterocycles. The molecule has 1 aromatic carbocycles. The van der Waals surface area contributed by atoms with Crippen LogP contribution in [0, 0.1) is 0 Å². The van der Waals surface area contributed by atoms with Crippen LogP contribution < -0.4 is 4.90 Å². The molecule has 1 rings (SSSR count). The normalized spacial score (nSPS) is 9.00. The van der Waals surface area contributed by atoms with Crippen molar-refractivity contribution in [1.29, 1.82) is 0 Å². The highest BCUT2D eigenvalue weighted by Crippen LogP contribution is 2.15. The summed E-state index contributed by atoms with van der Waals surface area (Å²) < 4.78 is 4.71. The van der Waals surface area contributed by atoms with Gasteiger partial charge in [-0.25, -0.2) is 9.69 Å². The minimum Gasteiger partial charge on any atom is -0.449 e. The van der Waals surface area contributed by atoms with E-state index in [0.29, 0.717) is 4.90 Å². The van der Waals surface area contributed by atoms with E-state index in [1.807, 2.05) is 0 Å². The third kappa shape index (κ3) is 3.22. The molecule has 0 aliphatic carbocycles. The maximum Gasteiger partial charge on any atom is 0.421 e. The Balaban J connectivity index is 3.06. The van der Waals surface area contributed by atoms with Crippen molar-refractivity contribution in [1.82, 2.24) is 0 Å². The number of amides is 3. The molecule has 0 atom stereocenters. The van der Waals surface area contributed by atoms with Gasteiger partial charge in [-0.15, -0.1) is 0 Å². The quantitative estimate of drug-likeness (QED) is 0.446. The maximum atomic E-state index is 11.6. The van der Waals surface area contributed by atoms with Crippen LogP contribution >= 0.6 is 0 Å². The fourth-order valence-electron chi connectivity index (χ4n) is 1.14. The number of hydrogen-bond acceptors (Lipinski definition) is 3. The standard InChI is InChI=1S/C10H10N4O3/c1-2-17-10(16)14(9(15)12-13-11)8-6-4-3-5-7-8/h3-7H,2H2,1H3. The molecule has 0 heterocycles. The van der Waals surface area contributed by atoms with Gasteiger partial charge in [-0.05, 0) is 24.6 Å². The molecular weight excluding hydrogens is 224 g/mol. The monoisotopic (exact) mass is 234 g/mol. The summed E-state index contributed by atoms with van der Waals surface area (Å²) in [5.41, 5.74) is 8.48. The minimum atomic E-state index is -1.03. The van der Waals surface area contributed by atoms with E-state index in [1.54, 1.807) is 25.1 Å². The lowest BCUT2D eigenvalue weighted by atomic mass is 10.3. The first-order chi connectivity index (χ1) is 8.20. The predicted molar refractivity (Wildman–Crippen MR) is 60.5 cm³/mol. The third-order valence-electron chi connectivity index (χ3n) is 1.79. The van der Waals surface area contributed by atoms with Crippen molar-refractivity contribution < 1.29 is 14.3 Å². The second-order valence-corrected chi connectivity index (χ2v) is 2.84. The maximum absolute atomic E-state index is 11.6. The van der Waals surface area contributed by atoms with E-state index in [-0.39, 0.29) is 12.3 Å². The van der Waals surface area contributed by atoms with Gasteiger partial charge in [0.2, 0.25) is 0 Å². The molecule has 0 radical (unpaired) electrons. The Morgan fingerprint density at radius 3 is 2.59 bits per heavy atom. The van der Waals surface area contributed by atoms with Crippen molar-refractivity contribution in [2.75, 3.05) is 11.5 Å². The Hall–Kier alpha value is -2.53. The number of carbonyl (C=O) groups excluding carboxylic acids is 2. The first-order valence-electron chi connectivity index (χ1n) is 4.81. The molecule has 88 valence electrons. The number of nitrogens with zero attached hydrogens (tertiary/aromatic N) is 4. The fourth-order valence-corrected chi connectivity index (χ4v) is 1.14. The average molecular weight is 234 g/mol. The lowest BCUT2D eigenvalue weighted by molar-refractivity contribution is 0.160. The lowest BCUT2D eigenvalue weighted by Crippen LogP contribution is -2.35. The van der Waals surface area contributed by atoms with Crippen LogP contribution in [0.25, 0.3) is 10.4 Å². The Morgan fingerprint density at radius 2 is 2.06 bits per heavy atom. The molecule has 0 aliphatic rings. The Labute approximate surface area is 97.2 Å². The molecule has 0 spiro atoms. The Bertz CT molecular complexity index is 454. The Kier molecular flexibility index (Phi) is 4.53. The first kappa shape index (κ1) is 12.5. The van der Waals surface area contributed by atoms with Gasteiger partial charge in [0.25, 0.3) is 0 Å². The van der Waals surface area contributed by atoms with E-state index < -0.39 is 12.1 Å². The molecule has 3 amide bonds. The van der Waals surface area contributed by atoms with E-state index in [1.165, 1.54) is 12.1 Å². The van der Waals surface area contributed by atoms with Crippen LogP contribution in [0.1, 0.15) is 6.92 Å². The van der Waals surface area contributed by atoms with Crippen LogP contribution in [0.2, 0.25) is 0 Å². The van der Waals surface area contributed by atoms with Gasteiger partial charge in [-0.3, -0.25) is 4.79 Å². The minimum absolute atomic E-state index is 0.117. The van der Waals surface area contributed by atoms with E-state index >= 15 is 0 Å². The highest BCUT2D eigenvalue weighted by molar-refractivity contribution is 6.11. The number of ether oxygens (including phenoxy) is 1. The number of rotatable bonds is 2. The SMILES string of the molecule is CCOC(=O)N(C(=O)N=[N+]=[N-])c1ccccc1. The van der Waals surface area contributed by atoms with Crippen molar-refractivity contribution in [3.05, 3.63) is 40.8 Å². The van der Waals surface area contributed by atoms with Crippen molar-refractivity contribution in [3.63, 3.8) is 0 Å². The summed E-state index contributed by atoms with van der Waals surface area (Å²) in [4.78, 5) is 26.0.